The summed E-state index contributed by atoms with van der Waals surface area (Å²) in [5.41, 5.74) is 0.747. The Morgan fingerprint density at radius 2 is 1.40 bits per heavy atom. The normalized spacial score (nSPS) is 12.1. The van der Waals surface area contributed by atoms with E-state index in [-0.39, 0.29) is 6.61 Å². The molecule has 0 radical (unpaired) electrons. The SMILES string of the molecule is O=S(=O)(O)OCc1c2ccccc2cc2ccccc12. The molecule has 3 aromatic carbocycles. The molecule has 20 heavy (non-hydrogen) atoms. The van der Waals surface area contributed by atoms with Crippen LogP contribution in [0.25, 0.3) is 21.5 Å². The maximum Gasteiger partial charge on any atom is 0.397 e. The van der Waals surface area contributed by atoms with Gasteiger partial charge in [-0.25, -0.2) is 4.18 Å². The molecule has 0 saturated carbocycles. The summed E-state index contributed by atoms with van der Waals surface area (Å²) in [7, 11) is -4.46. The van der Waals surface area contributed by atoms with Gasteiger partial charge in [0.1, 0.15) is 0 Å². The molecule has 0 heterocycles. The molecule has 0 fully saturated rings. The fourth-order valence-corrected chi connectivity index (χ4v) is 2.66. The van der Waals surface area contributed by atoms with Gasteiger partial charge in [-0.05, 0) is 33.2 Å². The number of fused-ring (bicyclic) bond motifs is 2. The van der Waals surface area contributed by atoms with Gasteiger partial charge in [0, 0.05) is 0 Å². The molecule has 0 amide bonds. The molecule has 102 valence electrons. The lowest BCUT2D eigenvalue weighted by Gasteiger charge is -2.10. The monoisotopic (exact) mass is 288 g/mol. The van der Waals surface area contributed by atoms with Crippen molar-refractivity contribution in [3.8, 4) is 0 Å². The molecular weight excluding hydrogens is 276 g/mol. The summed E-state index contributed by atoms with van der Waals surface area (Å²) >= 11 is 0. The predicted molar refractivity (Wildman–Crippen MR) is 77.8 cm³/mol. The van der Waals surface area contributed by atoms with Gasteiger partial charge >= 0.3 is 10.4 Å². The molecule has 4 nitrogen and oxygen atoms in total. The highest BCUT2D eigenvalue weighted by Crippen LogP contribution is 2.29. The second kappa shape index (κ2) is 4.86. The van der Waals surface area contributed by atoms with Crippen LogP contribution in [-0.2, 0) is 21.2 Å². The standard InChI is InChI=1S/C15H12O4S/c16-20(17,18)19-10-15-13-7-3-1-5-11(13)9-12-6-2-4-8-14(12)15/h1-9H,10H2,(H,16,17,18). The molecule has 3 rings (SSSR count). The van der Waals surface area contributed by atoms with E-state index in [0.29, 0.717) is 0 Å². The Balaban J connectivity index is 2.27. The molecule has 0 aliphatic heterocycles. The van der Waals surface area contributed by atoms with E-state index in [2.05, 4.69) is 4.18 Å². The van der Waals surface area contributed by atoms with Crippen LogP contribution in [0.1, 0.15) is 5.56 Å². The highest BCUT2D eigenvalue weighted by molar-refractivity contribution is 7.80. The number of hydrogen-bond acceptors (Lipinski definition) is 3. The van der Waals surface area contributed by atoms with E-state index in [1.165, 1.54) is 0 Å². The zero-order valence-corrected chi connectivity index (χ0v) is 11.3. The van der Waals surface area contributed by atoms with Crippen molar-refractivity contribution in [1.29, 1.82) is 0 Å². The minimum atomic E-state index is -4.46. The van der Waals surface area contributed by atoms with E-state index in [1.54, 1.807) is 0 Å². The summed E-state index contributed by atoms with van der Waals surface area (Å²) in [5.74, 6) is 0. The maximum atomic E-state index is 10.8. The average molecular weight is 288 g/mol. The van der Waals surface area contributed by atoms with Crippen LogP contribution in [0.4, 0.5) is 0 Å². The third-order valence-corrected chi connectivity index (χ3v) is 3.65. The zero-order chi connectivity index (χ0) is 14.2. The van der Waals surface area contributed by atoms with E-state index < -0.39 is 10.4 Å². The zero-order valence-electron chi connectivity index (χ0n) is 10.5. The molecule has 0 bridgehead atoms. The first-order valence-electron chi connectivity index (χ1n) is 6.06. The molecule has 5 heteroatoms. The smallest absolute Gasteiger partial charge is 0.264 e. The van der Waals surface area contributed by atoms with Gasteiger partial charge in [0.05, 0.1) is 6.61 Å². The minimum absolute atomic E-state index is 0.194. The quantitative estimate of drug-likeness (QED) is 0.593. The molecule has 0 aliphatic rings. The average Bonchev–Trinajstić information content (AvgIpc) is 2.42. The molecule has 1 N–H and O–H groups in total. The molecule has 0 aromatic heterocycles. The first-order chi connectivity index (χ1) is 9.54. The first-order valence-corrected chi connectivity index (χ1v) is 7.42. The summed E-state index contributed by atoms with van der Waals surface area (Å²) in [4.78, 5) is 0. The molecule has 3 aromatic rings. The second-order valence-electron chi connectivity index (χ2n) is 4.49. The van der Waals surface area contributed by atoms with Crippen LogP contribution in [0.2, 0.25) is 0 Å². The Labute approximate surface area is 116 Å². The van der Waals surface area contributed by atoms with Crippen LogP contribution in [0, 0.1) is 0 Å². The fourth-order valence-electron chi connectivity index (χ4n) is 2.40. The largest absolute Gasteiger partial charge is 0.397 e. The Kier molecular flexibility index (Phi) is 3.17. The van der Waals surface area contributed by atoms with Gasteiger partial charge in [0.2, 0.25) is 0 Å². The second-order valence-corrected chi connectivity index (χ2v) is 5.58. The van der Waals surface area contributed by atoms with Gasteiger partial charge in [-0.15, -0.1) is 0 Å². The number of hydrogen-bond donors (Lipinski definition) is 1. The highest BCUT2D eigenvalue weighted by atomic mass is 32.3. The van der Waals surface area contributed by atoms with Crippen molar-refractivity contribution in [2.75, 3.05) is 0 Å². The van der Waals surface area contributed by atoms with Crippen molar-refractivity contribution < 1.29 is 17.2 Å². The topological polar surface area (TPSA) is 63.6 Å². The van der Waals surface area contributed by atoms with Gasteiger partial charge in [0.15, 0.2) is 0 Å². The summed E-state index contributed by atoms with van der Waals surface area (Å²) in [6.45, 7) is -0.194. The number of benzene rings is 3. The maximum absolute atomic E-state index is 10.8. The minimum Gasteiger partial charge on any atom is -0.264 e. The van der Waals surface area contributed by atoms with Gasteiger partial charge in [-0.2, -0.15) is 8.42 Å². The summed E-state index contributed by atoms with van der Waals surface area (Å²) in [6.07, 6.45) is 0. The molecule has 0 unspecified atom stereocenters. The summed E-state index contributed by atoms with van der Waals surface area (Å²) in [5, 5.41) is 3.82. The summed E-state index contributed by atoms with van der Waals surface area (Å²) in [6, 6.07) is 17.4. The van der Waals surface area contributed by atoms with E-state index in [4.69, 9.17) is 4.55 Å². The van der Waals surface area contributed by atoms with Crippen molar-refractivity contribution in [2.24, 2.45) is 0 Å². The molecule has 0 atom stereocenters. The Bertz CT molecular complexity index is 831. The molecular formula is C15H12O4S. The third kappa shape index (κ3) is 2.51. The van der Waals surface area contributed by atoms with Crippen LogP contribution in [0.15, 0.2) is 54.6 Å². The Morgan fingerprint density at radius 1 is 0.900 bits per heavy atom. The van der Waals surface area contributed by atoms with Crippen molar-refractivity contribution >= 4 is 31.9 Å². The van der Waals surface area contributed by atoms with Crippen molar-refractivity contribution in [3.05, 3.63) is 60.2 Å². The number of rotatable bonds is 3. The van der Waals surface area contributed by atoms with Gasteiger partial charge in [0.25, 0.3) is 0 Å². The fraction of sp³-hybridized carbons (Fsp3) is 0.0667. The highest BCUT2D eigenvalue weighted by Gasteiger charge is 2.11. The van der Waals surface area contributed by atoms with Gasteiger partial charge in [-0.1, -0.05) is 48.5 Å². The lowest BCUT2D eigenvalue weighted by Crippen LogP contribution is -2.04. The first kappa shape index (κ1) is 13.1. The summed E-state index contributed by atoms with van der Waals surface area (Å²) < 4.78 is 35.0. The van der Waals surface area contributed by atoms with Crippen molar-refractivity contribution in [2.45, 2.75) is 6.61 Å². The molecule has 0 aliphatic carbocycles. The Hall–Kier alpha value is -1.95. The van der Waals surface area contributed by atoms with Crippen LogP contribution >= 0.6 is 0 Å². The van der Waals surface area contributed by atoms with Crippen LogP contribution in [0.3, 0.4) is 0 Å². The van der Waals surface area contributed by atoms with Crippen LogP contribution in [-0.4, -0.2) is 13.0 Å². The predicted octanol–water partition coefficient (Wildman–Crippen LogP) is 3.31. The van der Waals surface area contributed by atoms with Crippen molar-refractivity contribution in [1.82, 2.24) is 0 Å². The van der Waals surface area contributed by atoms with E-state index in [1.807, 2.05) is 54.6 Å². The Morgan fingerprint density at radius 3 is 1.90 bits per heavy atom. The lowest BCUT2D eigenvalue weighted by molar-refractivity contribution is 0.261. The van der Waals surface area contributed by atoms with E-state index in [0.717, 1.165) is 27.1 Å². The van der Waals surface area contributed by atoms with Gasteiger partial charge in [-0.3, -0.25) is 4.55 Å². The van der Waals surface area contributed by atoms with Crippen LogP contribution < -0.4 is 0 Å². The van der Waals surface area contributed by atoms with E-state index >= 15 is 0 Å². The van der Waals surface area contributed by atoms with Gasteiger partial charge < -0.3 is 0 Å². The lowest BCUT2D eigenvalue weighted by atomic mass is 9.97. The molecule has 0 spiro atoms. The molecule has 0 saturated heterocycles. The van der Waals surface area contributed by atoms with Crippen molar-refractivity contribution in [3.63, 3.8) is 0 Å². The van der Waals surface area contributed by atoms with Crippen LogP contribution in [0.5, 0.6) is 0 Å². The van der Waals surface area contributed by atoms with E-state index in [9.17, 15) is 8.42 Å². The third-order valence-electron chi connectivity index (χ3n) is 3.24.